The van der Waals surface area contributed by atoms with Crippen LogP contribution in [0.1, 0.15) is 6.42 Å². The minimum absolute atomic E-state index is 0.803. The Bertz CT molecular complexity index is 104. The van der Waals surface area contributed by atoms with Gasteiger partial charge in [-0.3, -0.25) is 0 Å². The van der Waals surface area contributed by atoms with Crippen molar-refractivity contribution in [3.8, 4) is 0 Å². The largest absolute Gasteiger partial charge is 0.385 e. The molecule has 0 aliphatic heterocycles. The van der Waals surface area contributed by atoms with Crippen molar-refractivity contribution in [1.82, 2.24) is 0 Å². The monoisotopic (exact) mass is 192 g/mol. The topological polar surface area (TPSA) is 9.23 Å². The summed E-state index contributed by atoms with van der Waals surface area (Å²) in [7, 11) is 1.73. The molecule has 0 atom stereocenters. The first kappa shape index (κ1) is 11.4. The summed E-state index contributed by atoms with van der Waals surface area (Å²) in [6, 6.07) is 0. The maximum absolute atomic E-state index is 4.92. The third kappa shape index (κ3) is 8.30. The summed E-state index contributed by atoms with van der Waals surface area (Å²) in [6.07, 6.45) is 1.13. The Balaban J connectivity index is 2.95. The molecule has 0 amide bonds. The Labute approximate surface area is 79.0 Å². The molecular weight excluding hydrogens is 176 g/mol. The van der Waals surface area contributed by atoms with Crippen LogP contribution < -0.4 is 0 Å². The Morgan fingerprint density at radius 2 is 2.36 bits per heavy atom. The van der Waals surface area contributed by atoms with Crippen molar-refractivity contribution < 1.29 is 4.74 Å². The molecule has 11 heavy (non-hydrogen) atoms. The number of ether oxygens (including phenoxy) is 1. The van der Waals surface area contributed by atoms with E-state index in [1.54, 1.807) is 7.11 Å². The highest BCUT2D eigenvalue weighted by Crippen LogP contribution is 2.08. The van der Waals surface area contributed by atoms with Crippen LogP contribution in [0.4, 0.5) is 0 Å². The lowest BCUT2D eigenvalue weighted by atomic mass is 10.4. The molecule has 0 radical (unpaired) electrons. The van der Waals surface area contributed by atoms with Crippen LogP contribution in [0, 0.1) is 0 Å². The minimum atomic E-state index is 0.803. The number of thioether (sulfide) groups is 1. The van der Waals surface area contributed by atoms with Crippen LogP contribution in [0.5, 0.6) is 0 Å². The zero-order chi connectivity index (χ0) is 8.53. The van der Waals surface area contributed by atoms with Gasteiger partial charge < -0.3 is 4.74 Å². The SMILES string of the molecule is C=C(CS)CSCCCOC. The van der Waals surface area contributed by atoms with Gasteiger partial charge >= 0.3 is 0 Å². The highest BCUT2D eigenvalue weighted by atomic mass is 32.2. The number of hydrogen-bond acceptors (Lipinski definition) is 3. The van der Waals surface area contributed by atoms with Gasteiger partial charge in [-0.15, -0.1) is 0 Å². The molecule has 0 saturated heterocycles. The summed E-state index contributed by atoms with van der Waals surface area (Å²) >= 11 is 6.02. The number of thiol groups is 1. The number of rotatable bonds is 7. The zero-order valence-electron chi connectivity index (χ0n) is 7.01. The van der Waals surface area contributed by atoms with Crippen molar-refractivity contribution >= 4 is 24.4 Å². The van der Waals surface area contributed by atoms with E-state index in [-0.39, 0.29) is 0 Å². The highest BCUT2D eigenvalue weighted by Gasteiger charge is 1.91. The Kier molecular flexibility index (Phi) is 8.81. The van der Waals surface area contributed by atoms with Crippen LogP contribution in [-0.4, -0.2) is 31.0 Å². The summed E-state index contributed by atoms with van der Waals surface area (Å²) in [6.45, 7) is 4.72. The van der Waals surface area contributed by atoms with Gasteiger partial charge in [-0.25, -0.2) is 0 Å². The molecule has 0 N–H and O–H groups in total. The predicted octanol–water partition coefficient (Wildman–Crippen LogP) is 2.24. The fraction of sp³-hybridized carbons (Fsp3) is 0.750. The smallest absolute Gasteiger partial charge is 0.0470 e. The molecular formula is C8H16OS2. The molecule has 0 aromatic rings. The lowest BCUT2D eigenvalue weighted by molar-refractivity contribution is 0.200. The Hall–Kier alpha value is 0.400. The second kappa shape index (κ2) is 8.50. The zero-order valence-corrected chi connectivity index (χ0v) is 8.72. The fourth-order valence-electron chi connectivity index (χ4n) is 0.567. The minimum Gasteiger partial charge on any atom is -0.385 e. The third-order valence-corrected chi connectivity index (χ3v) is 2.80. The Morgan fingerprint density at radius 3 is 2.91 bits per heavy atom. The molecule has 0 fully saturated rings. The molecule has 0 heterocycles. The normalized spacial score (nSPS) is 10.0. The molecule has 0 spiro atoms. The summed E-state index contributed by atoms with van der Waals surface area (Å²) < 4.78 is 4.92. The van der Waals surface area contributed by atoms with Gasteiger partial charge in [0, 0.05) is 25.2 Å². The van der Waals surface area contributed by atoms with Gasteiger partial charge in [0.1, 0.15) is 0 Å². The molecule has 0 aliphatic rings. The van der Waals surface area contributed by atoms with E-state index in [2.05, 4.69) is 19.2 Å². The quantitative estimate of drug-likeness (QED) is 0.376. The average molecular weight is 192 g/mol. The summed E-state index contributed by atoms with van der Waals surface area (Å²) in [4.78, 5) is 0. The molecule has 66 valence electrons. The lowest BCUT2D eigenvalue weighted by Gasteiger charge is -2.01. The standard InChI is InChI=1S/C8H16OS2/c1-8(6-10)7-11-5-3-4-9-2/h10H,1,3-7H2,2H3. The van der Waals surface area contributed by atoms with Crippen molar-refractivity contribution in [2.24, 2.45) is 0 Å². The van der Waals surface area contributed by atoms with E-state index in [4.69, 9.17) is 4.74 Å². The fourth-order valence-corrected chi connectivity index (χ4v) is 1.69. The second-order valence-corrected chi connectivity index (χ2v) is 3.73. The first-order chi connectivity index (χ1) is 5.31. The first-order valence-corrected chi connectivity index (χ1v) is 5.44. The van der Waals surface area contributed by atoms with E-state index in [9.17, 15) is 0 Å². The summed E-state index contributed by atoms with van der Waals surface area (Å²) in [5.41, 5.74) is 1.20. The first-order valence-electron chi connectivity index (χ1n) is 3.65. The molecule has 0 aromatic heterocycles. The molecule has 0 aliphatic carbocycles. The summed E-state index contributed by atoms with van der Waals surface area (Å²) in [5, 5.41) is 0. The summed E-state index contributed by atoms with van der Waals surface area (Å²) in [5.74, 6) is 2.99. The van der Waals surface area contributed by atoms with Crippen molar-refractivity contribution in [3.05, 3.63) is 12.2 Å². The molecule has 0 unspecified atom stereocenters. The van der Waals surface area contributed by atoms with Crippen LogP contribution in [-0.2, 0) is 4.74 Å². The van der Waals surface area contributed by atoms with E-state index in [1.165, 1.54) is 5.57 Å². The van der Waals surface area contributed by atoms with Crippen LogP contribution in [0.2, 0.25) is 0 Å². The molecule has 0 bridgehead atoms. The van der Waals surface area contributed by atoms with Crippen LogP contribution in [0.3, 0.4) is 0 Å². The van der Waals surface area contributed by atoms with Crippen molar-refractivity contribution in [2.75, 3.05) is 31.0 Å². The number of hydrogen-bond donors (Lipinski definition) is 1. The van der Waals surface area contributed by atoms with Crippen molar-refractivity contribution in [1.29, 1.82) is 0 Å². The van der Waals surface area contributed by atoms with Crippen LogP contribution in [0.25, 0.3) is 0 Å². The van der Waals surface area contributed by atoms with E-state index in [0.29, 0.717) is 0 Å². The molecule has 1 nitrogen and oxygen atoms in total. The maximum atomic E-state index is 4.92. The number of methoxy groups -OCH3 is 1. The second-order valence-electron chi connectivity index (χ2n) is 2.31. The average Bonchev–Trinajstić information content (AvgIpc) is 2.04. The molecule has 3 heteroatoms. The maximum Gasteiger partial charge on any atom is 0.0470 e. The van der Waals surface area contributed by atoms with Gasteiger partial charge in [-0.2, -0.15) is 24.4 Å². The highest BCUT2D eigenvalue weighted by molar-refractivity contribution is 7.99. The molecule has 0 saturated carbocycles. The molecule has 0 rings (SSSR count). The van der Waals surface area contributed by atoms with Gasteiger partial charge in [-0.1, -0.05) is 12.2 Å². The van der Waals surface area contributed by atoms with E-state index in [1.807, 2.05) is 11.8 Å². The van der Waals surface area contributed by atoms with Gasteiger partial charge in [0.15, 0.2) is 0 Å². The van der Waals surface area contributed by atoms with E-state index >= 15 is 0 Å². The molecule has 0 aromatic carbocycles. The third-order valence-electron chi connectivity index (χ3n) is 1.17. The van der Waals surface area contributed by atoms with Gasteiger partial charge in [0.2, 0.25) is 0 Å². The van der Waals surface area contributed by atoms with Crippen molar-refractivity contribution in [3.63, 3.8) is 0 Å². The van der Waals surface area contributed by atoms with Gasteiger partial charge in [-0.05, 0) is 12.2 Å². The van der Waals surface area contributed by atoms with Crippen LogP contribution >= 0.6 is 24.4 Å². The van der Waals surface area contributed by atoms with Crippen molar-refractivity contribution in [2.45, 2.75) is 6.42 Å². The Morgan fingerprint density at radius 1 is 1.64 bits per heavy atom. The van der Waals surface area contributed by atoms with Crippen LogP contribution in [0.15, 0.2) is 12.2 Å². The van der Waals surface area contributed by atoms with Gasteiger partial charge in [0.05, 0.1) is 0 Å². The predicted molar refractivity (Wildman–Crippen MR) is 56.8 cm³/mol. The van der Waals surface area contributed by atoms with Gasteiger partial charge in [0.25, 0.3) is 0 Å². The van der Waals surface area contributed by atoms with E-state index < -0.39 is 0 Å². The van der Waals surface area contributed by atoms with E-state index in [0.717, 1.165) is 30.3 Å². The lowest BCUT2D eigenvalue weighted by Crippen LogP contribution is -1.93.